The van der Waals surface area contributed by atoms with Crippen LogP contribution in [-0.4, -0.2) is 6.29 Å². The van der Waals surface area contributed by atoms with E-state index in [2.05, 4.69) is 20.8 Å². The van der Waals surface area contributed by atoms with E-state index < -0.39 is 0 Å². The van der Waals surface area contributed by atoms with Crippen LogP contribution in [-0.2, 0) is 4.79 Å². The van der Waals surface area contributed by atoms with E-state index >= 15 is 0 Å². The van der Waals surface area contributed by atoms with Gasteiger partial charge in [-0.15, -0.1) is 0 Å². The first-order chi connectivity index (χ1) is 18.2. The third-order valence-corrected chi connectivity index (χ3v) is 8.48. The lowest BCUT2D eigenvalue weighted by Gasteiger charge is -2.10. The van der Waals surface area contributed by atoms with Crippen LogP contribution in [0.4, 0.5) is 0 Å². The molecule has 0 heterocycles. The van der Waals surface area contributed by atoms with Crippen LogP contribution in [0.2, 0.25) is 0 Å². The van der Waals surface area contributed by atoms with Gasteiger partial charge in [0, 0.05) is 5.92 Å². The fourth-order valence-electron chi connectivity index (χ4n) is 5.79. The topological polar surface area (TPSA) is 17.1 Å². The summed E-state index contributed by atoms with van der Waals surface area (Å²) in [6.45, 7) is 6.97. The van der Waals surface area contributed by atoms with Crippen molar-refractivity contribution in [1.29, 1.82) is 0 Å². The molecular weight excluding hydrogens is 448 g/mol. The maximum absolute atomic E-state index is 11.5. The monoisotopic (exact) mass is 521 g/mol. The molecular formula is C36H72O. The van der Waals surface area contributed by atoms with Gasteiger partial charge in [-0.25, -0.2) is 0 Å². The molecule has 0 aliphatic heterocycles. The first kappa shape index (κ1) is 36.7. The average Bonchev–Trinajstić information content (AvgIpc) is 2.89. The quantitative estimate of drug-likeness (QED) is 0.0636. The lowest BCUT2D eigenvalue weighted by molar-refractivity contribution is -0.111. The van der Waals surface area contributed by atoms with E-state index in [1.54, 1.807) is 0 Å². The molecule has 0 fully saturated rings. The van der Waals surface area contributed by atoms with Gasteiger partial charge in [-0.05, 0) is 18.8 Å². The Hall–Kier alpha value is -0.330. The zero-order chi connectivity index (χ0) is 27.1. The predicted molar refractivity (Wildman–Crippen MR) is 169 cm³/mol. The van der Waals surface area contributed by atoms with Crippen LogP contribution in [0.5, 0.6) is 0 Å². The van der Waals surface area contributed by atoms with Gasteiger partial charge in [0.2, 0.25) is 0 Å². The van der Waals surface area contributed by atoms with Crippen LogP contribution in [0.3, 0.4) is 0 Å². The number of hydrogen-bond acceptors (Lipinski definition) is 1. The zero-order valence-electron chi connectivity index (χ0n) is 26.4. The Morgan fingerprint density at radius 3 is 0.865 bits per heavy atom. The van der Waals surface area contributed by atoms with Crippen LogP contribution in [0, 0.1) is 11.8 Å². The van der Waals surface area contributed by atoms with E-state index in [1.165, 1.54) is 186 Å². The second-order valence-electron chi connectivity index (χ2n) is 12.8. The number of carbonyl (C=O) groups excluding carboxylic acids is 1. The van der Waals surface area contributed by atoms with Crippen LogP contribution in [0.1, 0.15) is 213 Å². The second kappa shape index (κ2) is 31.9. The smallest absolute Gasteiger partial charge is 0.123 e. The van der Waals surface area contributed by atoms with Gasteiger partial charge in [0.05, 0.1) is 0 Å². The fraction of sp³-hybridized carbons (Fsp3) is 0.972. The molecule has 0 aliphatic rings. The van der Waals surface area contributed by atoms with E-state index in [9.17, 15) is 4.79 Å². The Bertz CT molecular complexity index is 415. The molecule has 0 aromatic carbocycles. The molecule has 1 atom stereocenters. The standard InChI is InChI=1S/C36H72O/c1-4-5-6-7-8-9-10-11-14-17-20-23-26-29-32-36(34-37)33-30-27-24-21-18-15-12-13-16-19-22-25-28-31-35(2)3/h34-36H,4-33H2,1-3H3. The number of rotatable bonds is 32. The highest BCUT2D eigenvalue weighted by atomic mass is 16.1. The van der Waals surface area contributed by atoms with Gasteiger partial charge in [0.15, 0.2) is 0 Å². The zero-order valence-corrected chi connectivity index (χ0v) is 26.4. The minimum atomic E-state index is 0.336. The Morgan fingerprint density at radius 1 is 0.378 bits per heavy atom. The lowest BCUT2D eigenvalue weighted by Crippen LogP contribution is -2.02. The summed E-state index contributed by atoms with van der Waals surface area (Å²) < 4.78 is 0. The maximum atomic E-state index is 11.5. The maximum Gasteiger partial charge on any atom is 0.123 e. The molecule has 0 amide bonds. The fourth-order valence-corrected chi connectivity index (χ4v) is 5.79. The minimum absolute atomic E-state index is 0.336. The molecule has 1 heteroatoms. The first-order valence-corrected chi connectivity index (χ1v) is 17.7. The van der Waals surface area contributed by atoms with E-state index in [4.69, 9.17) is 0 Å². The molecule has 0 saturated carbocycles. The van der Waals surface area contributed by atoms with E-state index in [1.807, 2.05) is 0 Å². The highest BCUT2D eigenvalue weighted by Crippen LogP contribution is 2.19. The number of carbonyl (C=O) groups is 1. The first-order valence-electron chi connectivity index (χ1n) is 17.7. The normalized spacial score (nSPS) is 12.4. The summed E-state index contributed by atoms with van der Waals surface area (Å²) in [5.74, 6) is 1.22. The summed E-state index contributed by atoms with van der Waals surface area (Å²) in [6, 6.07) is 0. The second-order valence-corrected chi connectivity index (χ2v) is 12.8. The van der Waals surface area contributed by atoms with Gasteiger partial charge in [0.1, 0.15) is 6.29 Å². The van der Waals surface area contributed by atoms with Crippen molar-refractivity contribution >= 4 is 6.29 Å². The van der Waals surface area contributed by atoms with Crippen LogP contribution < -0.4 is 0 Å². The van der Waals surface area contributed by atoms with Crippen LogP contribution >= 0.6 is 0 Å². The third kappa shape index (κ3) is 31.8. The Morgan fingerprint density at radius 2 is 0.622 bits per heavy atom. The molecule has 0 saturated heterocycles. The van der Waals surface area contributed by atoms with Crippen molar-refractivity contribution in [2.75, 3.05) is 0 Å². The highest BCUT2D eigenvalue weighted by Gasteiger charge is 2.07. The third-order valence-electron chi connectivity index (χ3n) is 8.48. The predicted octanol–water partition coefficient (Wildman–Crippen LogP) is 13.2. The summed E-state index contributed by atoms with van der Waals surface area (Å²) in [5, 5.41) is 0. The van der Waals surface area contributed by atoms with Gasteiger partial charge >= 0.3 is 0 Å². The summed E-state index contributed by atoms with van der Waals surface area (Å²) in [6.07, 6.45) is 43.0. The number of unbranched alkanes of at least 4 members (excludes halogenated alkanes) is 25. The van der Waals surface area contributed by atoms with Crippen molar-refractivity contribution < 1.29 is 4.79 Å². The van der Waals surface area contributed by atoms with E-state index in [0.29, 0.717) is 5.92 Å². The van der Waals surface area contributed by atoms with Gasteiger partial charge in [0.25, 0.3) is 0 Å². The summed E-state index contributed by atoms with van der Waals surface area (Å²) in [4.78, 5) is 11.5. The van der Waals surface area contributed by atoms with Crippen LogP contribution in [0.25, 0.3) is 0 Å². The molecule has 0 rings (SSSR count). The molecule has 0 aromatic rings. The Balaban J connectivity index is 3.27. The summed E-state index contributed by atoms with van der Waals surface area (Å²) in [7, 11) is 0. The Kier molecular flexibility index (Phi) is 31.6. The van der Waals surface area contributed by atoms with Crippen molar-refractivity contribution in [3.63, 3.8) is 0 Å². The van der Waals surface area contributed by atoms with Crippen LogP contribution in [0.15, 0.2) is 0 Å². The molecule has 0 N–H and O–H groups in total. The highest BCUT2D eigenvalue weighted by molar-refractivity contribution is 5.53. The Labute approximate surface area is 236 Å². The molecule has 0 aliphatic carbocycles. The van der Waals surface area contributed by atoms with Crippen molar-refractivity contribution in [2.45, 2.75) is 213 Å². The summed E-state index contributed by atoms with van der Waals surface area (Å²) in [5.41, 5.74) is 0. The van der Waals surface area contributed by atoms with Gasteiger partial charge < -0.3 is 4.79 Å². The molecule has 37 heavy (non-hydrogen) atoms. The van der Waals surface area contributed by atoms with Gasteiger partial charge in [-0.2, -0.15) is 0 Å². The van der Waals surface area contributed by atoms with Crippen molar-refractivity contribution in [3.8, 4) is 0 Å². The van der Waals surface area contributed by atoms with E-state index in [0.717, 1.165) is 18.8 Å². The summed E-state index contributed by atoms with van der Waals surface area (Å²) >= 11 is 0. The SMILES string of the molecule is CCCCCCCCCCCCCCCCC(C=O)CCCCCCCCCCCCCCCC(C)C. The van der Waals surface area contributed by atoms with Gasteiger partial charge in [-0.1, -0.05) is 201 Å². The van der Waals surface area contributed by atoms with Crippen molar-refractivity contribution in [3.05, 3.63) is 0 Å². The van der Waals surface area contributed by atoms with Crippen molar-refractivity contribution in [1.82, 2.24) is 0 Å². The molecule has 0 bridgehead atoms. The average molecular weight is 521 g/mol. The van der Waals surface area contributed by atoms with E-state index in [-0.39, 0.29) is 0 Å². The molecule has 1 unspecified atom stereocenters. The molecule has 0 aromatic heterocycles. The minimum Gasteiger partial charge on any atom is -0.303 e. The van der Waals surface area contributed by atoms with Crippen molar-refractivity contribution in [2.24, 2.45) is 11.8 Å². The lowest BCUT2D eigenvalue weighted by atomic mass is 9.95. The molecule has 0 spiro atoms. The number of hydrogen-bond donors (Lipinski definition) is 0. The van der Waals surface area contributed by atoms with Gasteiger partial charge in [-0.3, -0.25) is 0 Å². The molecule has 222 valence electrons. The number of aldehydes is 1. The largest absolute Gasteiger partial charge is 0.303 e. The molecule has 1 nitrogen and oxygen atoms in total. The molecule has 0 radical (unpaired) electrons.